The van der Waals surface area contributed by atoms with E-state index in [0.29, 0.717) is 43.4 Å². The Bertz CT molecular complexity index is 1020. The van der Waals surface area contributed by atoms with E-state index < -0.39 is 10.0 Å². The number of morpholine rings is 1. The normalized spacial score (nSPS) is 14.7. The number of hydrogen-bond donors (Lipinski definition) is 3. The van der Waals surface area contributed by atoms with Crippen LogP contribution in [0.3, 0.4) is 0 Å². The molecule has 10 heteroatoms. The molecule has 1 heterocycles. The second-order valence-corrected chi connectivity index (χ2v) is 8.65. The average molecular weight is 433 g/mol. The summed E-state index contributed by atoms with van der Waals surface area (Å²) in [7, 11) is -3.64. The first kappa shape index (κ1) is 21.8. The van der Waals surface area contributed by atoms with Gasteiger partial charge in [0.2, 0.25) is 21.8 Å². The lowest BCUT2D eigenvalue weighted by Gasteiger charge is -2.26. The van der Waals surface area contributed by atoms with E-state index >= 15 is 0 Å². The lowest BCUT2D eigenvalue weighted by molar-refractivity contribution is -0.115. The molecule has 1 fully saturated rings. The Labute approximate surface area is 175 Å². The van der Waals surface area contributed by atoms with Crippen LogP contribution in [0.1, 0.15) is 6.92 Å². The first-order valence-corrected chi connectivity index (χ1v) is 10.9. The van der Waals surface area contributed by atoms with E-state index in [0.717, 1.165) is 0 Å². The molecule has 3 rings (SSSR count). The van der Waals surface area contributed by atoms with Gasteiger partial charge < -0.3 is 20.7 Å². The number of nitrogens with zero attached hydrogens (tertiary/aromatic N) is 1. The minimum atomic E-state index is -3.64. The van der Waals surface area contributed by atoms with E-state index in [1.54, 1.807) is 36.4 Å². The molecule has 0 aromatic heterocycles. The molecule has 2 aromatic rings. The Kier molecular flexibility index (Phi) is 7.03. The summed E-state index contributed by atoms with van der Waals surface area (Å²) in [6.07, 6.45) is 0. The fraction of sp³-hybridized carbons (Fsp3) is 0.300. The SMILES string of the molecule is CC(=O)Nc1cccc(NCC(=O)Nc2cccc(S(=O)(=O)N3CCOCC3)c2)c1. The number of amides is 2. The topological polar surface area (TPSA) is 117 Å². The molecule has 3 N–H and O–H groups in total. The van der Waals surface area contributed by atoms with Gasteiger partial charge >= 0.3 is 0 Å². The standard InChI is InChI=1S/C20H24N4O5S/c1-15(25)22-17-5-2-4-16(12-17)21-14-20(26)23-18-6-3-7-19(13-18)30(27,28)24-8-10-29-11-9-24/h2-7,12-13,21H,8-11,14H2,1H3,(H,22,25)(H,23,26). The molecule has 0 unspecified atom stereocenters. The van der Waals surface area contributed by atoms with Crippen LogP contribution in [0.2, 0.25) is 0 Å². The summed E-state index contributed by atoms with van der Waals surface area (Å²) < 4.78 is 32.1. The lowest BCUT2D eigenvalue weighted by Crippen LogP contribution is -2.40. The molecule has 2 aromatic carbocycles. The third kappa shape index (κ3) is 5.78. The van der Waals surface area contributed by atoms with Gasteiger partial charge in [0.25, 0.3) is 0 Å². The quantitative estimate of drug-likeness (QED) is 0.613. The van der Waals surface area contributed by atoms with Crippen LogP contribution < -0.4 is 16.0 Å². The highest BCUT2D eigenvalue weighted by Crippen LogP contribution is 2.21. The fourth-order valence-corrected chi connectivity index (χ4v) is 4.42. The van der Waals surface area contributed by atoms with Crippen molar-refractivity contribution in [2.24, 2.45) is 0 Å². The molecule has 0 saturated carbocycles. The molecule has 0 radical (unpaired) electrons. The number of ether oxygens (including phenoxy) is 1. The van der Waals surface area contributed by atoms with Gasteiger partial charge in [0.15, 0.2) is 0 Å². The van der Waals surface area contributed by atoms with Gasteiger partial charge in [-0.3, -0.25) is 9.59 Å². The Morgan fingerprint density at radius 3 is 2.30 bits per heavy atom. The highest BCUT2D eigenvalue weighted by Gasteiger charge is 2.26. The van der Waals surface area contributed by atoms with Gasteiger partial charge in [0.1, 0.15) is 0 Å². The Balaban J connectivity index is 1.61. The summed E-state index contributed by atoms with van der Waals surface area (Å²) in [4.78, 5) is 23.6. The second kappa shape index (κ2) is 9.70. The lowest BCUT2D eigenvalue weighted by atomic mass is 10.2. The summed E-state index contributed by atoms with van der Waals surface area (Å²) in [6, 6.07) is 13.2. The average Bonchev–Trinajstić information content (AvgIpc) is 2.73. The zero-order valence-electron chi connectivity index (χ0n) is 16.6. The molecule has 2 amide bonds. The molecule has 0 spiro atoms. The van der Waals surface area contributed by atoms with Crippen LogP contribution in [0, 0.1) is 0 Å². The Morgan fingerprint density at radius 1 is 0.967 bits per heavy atom. The number of hydrogen-bond acceptors (Lipinski definition) is 6. The molecule has 30 heavy (non-hydrogen) atoms. The van der Waals surface area contributed by atoms with Crippen LogP contribution in [0.25, 0.3) is 0 Å². The van der Waals surface area contributed by atoms with Crippen molar-refractivity contribution in [2.45, 2.75) is 11.8 Å². The Hall–Kier alpha value is -2.95. The second-order valence-electron chi connectivity index (χ2n) is 6.71. The van der Waals surface area contributed by atoms with Gasteiger partial charge in [0, 0.05) is 37.1 Å². The van der Waals surface area contributed by atoms with Crippen LogP contribution in [-0.2, 0) is 24.3 Å². The minimum absolute atomic E-state index is 0.0238. The smallest absolute Gasteiger partial charge is 0.243 e. The van der Waals surface area contributed by atoms with Crippen LogP contribution in [0.5, 0.6) is 0 Å². The summed E-state index contributed by atoms with van der Waals surface area (Å²) in [5, 5.41) is 8.34. The Morgan fingerprint density at radius 2 is 1.60 bits per heavy atom. The predicted molar refractivity (Wildman–Crippen MR) is 114 cm³/mol. The molecular formula is C20H24N4O5S. The molecule has 0 atom stereocenters. The molecule has 1 aliphatic heterocycles. The van der Waals surface area contributed by atoms with Gasteiger partial charge in [-0.1, -0.05) is 12.1 Å². The molecule has 0 aliphatic carbocycles. The van der Waals surface area contributed by atoms with Crippen LogP contribution >= 0.6 is 0 Å². The van der Waals surface area contributed by atoms with Crippen molar-refractivity contribution < 1.29 is 22.7 Å². The fourth-order valence-electron chi connectivity index (χ4n) is 2.97. The first-order valence-electron chi connectivity index (χ1n) is 9.44. The molecule has 1 saturated heterocycles. The van der Waals surface area contributed by atoms with E-state index in [1.165, 1.54) is 23.4 Å². The van der Waals surface area contributed by atoms with E-state index in [9.17, 15) is 18.0 Å². The maximum Gasteiger partial charge on any atom is 0.243 e. The summed E-state index contributed by atoms with van der Waals surface area (Å²) in [5.74, 6) is -0.516. The van der Waals surface area contributed by atoms with Crippen molar-refractivity contribution in [3.05, 3.63) is 48.5 Å². The molecular weight excluding hydrogens is 408 g/mol. The van der Waals surface area contributed by atoms with Crippen LogP contribution in [-0.4, -0.2) is 57.4 Å². The maximum absolute atomic E-state index is 12.8. The zero-order chi connectivity index (χ0) is 21.6. The number of carbonyl (C=O) groups excluding carboxylic acids is 2. The van der Waals surface area contributed by atoms with Crippen molar-refractivity contribution in [1.82, 2.24) is 4.31 Å². The van der Waals surface area contributed by atoms with Crippen molar-refractivity contribution in [2.75, 3.05) is 48.8 Å². The maximum atomic E-state index is 12.8. The van der Waals surface area contributed by atoms with Gasteiger partial charge in [0.05, 0.1) is 24.7 Å². The molecule has 0 bridgehead atoms. The third-order valence-corrected chi connectivity index (χ3v) is 6.26. The third-order valence-electron chi connectivity index (χ3n) is 4.36. The van der Waals surface area contributed by atoms with Crippen molar-refractivity contribution >= 4 is 38.9 Å². The summed E-state index contributed by atoms with van der Waals surface area (Å²) in [6.45, 7) is 2.74. The van der Waals surface area contributed by atoms with E-state index in [-0.39, 0.29) is 23.3 Å². The van der Waals surface area contributed by atoms with Gasteiger partial charge in [-0.2, -0.15) is 4.31 Å². The van der Waals surface area contributed by atoms with Crippen molar-refractivity contribution in [3.63, 3.8) is 0 Å². The van der Waals surface area contributed by atoms with Crippen LogP contribution in [0.4, 0.5) is 17.1 Å². The van der Waals surface area contributed by atoms with Gasteiger partial charge in [-0.05, 0) is 36.4 Å². The summed E-state index contributed by atoms with van der Waals surface area (Å²) >= 11 is 0. The highest BCUT2D eigenvalue weighted by molar-refractivity contribution is 7.89. The number of nitrogens with one attached hydrogen (secondary N) is 3. The number of rotatable bonds is 7. The number of carbonyl (C=O) groups is 2. The van der Waals surface area contributed by atoms with E-state index in [4.69, 9.17) is 4.74 Å². The number of anilines is 3. The largest absolute Gasteiger partial charge is 0.379 e. The van der Waals surface area contributed by atoms with Crippen molar-refractivity contribution in [3.8, 4) is 0 Å². The van der Waals surface area contributed by atoms with E-state index in [1.807, 2.05) is 0 Å². The highest BCUT2D eigenvalue weighted by atomic mass is 32.2. The summed E-state index contributed by atoms with van der Waals surface area (Å²) in [5.41, 5.74) is 1.68. The zero-order valence-corrected chi connectivity index (χ0v) is 17.4. The predicted octanol–water partition coefficient (Wildman–Crippen LogP) is 1.72. The van der Waals surface area contributed by atoms with E-state index in [2.05, 4.69) is 16.0 Å². The first-order chi connectivity index (χ1) is 14.3. The molecule has 160 valence electrons. The number of benzene rings is 2. The van der Waals surface area contributed by atoms with Crippen molar-refractivity contribution in [1.29, 1.82) is 0 Å². The molecule has 9 nitrogen and oxygen atoms in total. The monoisotopic (exact) mass is 432 g/mol. The van der Waals surface area contributed by atoms with Gasteiger partial charge in [-0.25, -0.2) is 8.42 Å². The molecule has 1 aliphatic rings. The van der Waals surface area contributed by atoms with Gasteiger partial charge in [-0.15, -0.1) is 0 Å². The number of sulfonamides is 1. The minimum Gasteiger partial charge on any atom is -0.379 e. The van der Waals surface area contributed by atoms with Crippen LogP contribution in [0.15, 0.2) is 53.4 Å².